The summed E-state index contributed by atoms with van der Waals surface area (Å²) < 4.78 is 0. The third-order valence-corrected chi connectivity index (χ3v) is 4.08. The highest BCUT2D eigenvalue weighted by atomic mass is 16.2. The first-order chi connectivity index (χ1) is 10.3. The number of nitrogens with zero attached hydrogens (tertiary/aromatic N) is 3. The molecule has 1 saturated heterocycles. The molecule has 1 heterocycles. The summed E-state index contributed by atoms with van der Waals surface area (Å²) in [5, 5.41) is 18.4. The summed E-state index contributed by atoms with van der Waals surface area (Å²) in [6.07, 6.45) is 1.77. The van der Waals surface area contributed by atoms with Crippen LogP contribution in [0.4, 0.5) is 5.69 Å². The average Bonchev–Trinajstić information content (AvgIpc) is 2.43. The van der Waals surface area contributed by atoms with Gasteiger partial charge < -0.3 is 4.90 Å². The standard InChI is InChI=1S/C18H19N3O/c1-12-7-13(2)16(14(3)8-12)21-10-15(5-6-19)9-18(4,11-20)17(21)22/h5,7-8H,9-10H2,1-4H3/b15-5+. The summed E-state index contributed by atoms with van der Waals surface area (Å²) >= 11 is 0. The van der Waals surface area contributed by atoms with E-state index in [9.17, 15) is 10.1 Å². The smallest absolute Gasteiger partial charge is 0.247 e. The van der Waals surface area contributed by atoms with E-state index in [0.717, 1.165) is 28.0 Å². The molecule has 0 N–H and O–H groups in total. The zero-order valence-corrected chi connectivity index (χ0v) is 13.4. The minimum Gasteiger partial charge on any atom is -0.306 e. The quantitative estimate of drug-likeness (QED) is 0.746. The summed E-state index contributed by atoms with van der Waals surface area (Å²) in [6.45, 7) is 7.96. The van der Waals surface area contributed by atoms with Crippen LogP contribution >= 0.6 is 0 Å². The molecule has 4 nitrogen and oxygen atoms in total. The third kappa shape index (κ3) is 2.61. The monoisotopic (exact) mass is 293 g/mol. The third-order valence-electron chi connectivity index (χ3n) is 4.08. The van der Waals surface area contributed by atoms with E-state index in [-0.39, 0.29) is 5.91 Å². The SMILES string of the molecule is Cc1cc(C)c(N2C/C(=C/C#N)CC(C)(C#N)C2=O)c(C)c1. The van der Waals surface area contributed by atoms with E-state index in [4.69, 9.17) is 5.26 Å². The van der Waals surface area contributed by atoms with Crippen molar-refractivity contribution in [1.29, 1.82) is 10.5 Å². The van der Waals surface area contributed by atoms with Gasteiger partial charge in [-0.1, -0.05) is 17.7 Å². The molecule has 0 saturated carbocycles. The highest BCUT2D eigenvalue weighted by Gasteiger charge is 2.43. The van der Waals surface area contributed by atoms with Gasteiger partial charge >= 0.3 is 0 Å². The molecule has 1 fully saturated rings. The molecular formula is C18H19N3O. The summed E-state index contributed by atoms with van der Waals surface area (Å²) in [5.41, 5.74) is 3.68. The van der Waals surface area contributed by atoms with Crippen molar-refractivity contribution in [3.8, 4) is 12.1 Å². The molecule has 1 aromatic rings. The molecule has 0 spiro atoms. The number of nitriles is 2. The Balaban J connectivity index is 2.59. The normalized spacial score (nSPS) is 23.3. The maximum Gasteiger partial charge on any atom is 0.247 e. The Labute approximate surface area is 131 Å². The van der Waals surface area contributed by atoms with Crippen LogP contribution in [0.15, 0.2) is 23.8 Å². The van der Waals surface area contributed by atoms with Gasteiger partial charge in [0.15, 0.2) is 0 Å². The zero-order valence-electron chi connectivity index (χ0n) is 13.4. The van der Waals surface area contributed by atoms with Crippen LogP contribution in [0.1, 0.15) is 30.0 Å². The van der Waals surface area contributed by atoms with Crippen LogP contribution in [0.2, 0.25) is 0 Å². The number of aryl methyl sites for hydroxylation is 3. The second kappa shape index (κ2) is 5.66. The zero-order chi connectivity index (χ0) is 16.5. The number of amides is 1. The molecule has 22 heavy (non-hydrogen) atoms. The second-order valence-electron chi connectivity index (χ2n) is 6.19. The second-order valence-corrected chi connectivity index (χ2v) is 6.19. The molecule has 1 aliphatic heterocycles. The van der Waals surface area contributed by atoms with E-state index in [1.165, 1.54) is 6.08 Å². The molecule has 0 aromatic heterocycles. The van der Waals surface area contributed by atoms with Crippen LogP contribution in [-0.4, -0.2) is 12.5 Å². The molecule has 0 bridgehead atoms. The Morgan fingerprint density at radius 2 is 1.82 bits per heavy atom. The van der Waals surface area contributed by atoms with Gasteiger partial charge in [-0.05, 0) is 50.8 Å². The van der Waals surface area contributed by atoms with Crippen molar-refractivity contribution in [1.82, 2.24) is 0 Å². The number of benzene rings is 1. The molecule has 1 aliphatic rings. The van der Waals surface area contributed by atoms with Crippen LogP contribution in [0.25, 0.3) is 0 Å². The topological polar surface area (TPSA) is 67.9 Å². The number of anilines is 1. The molecule has 2 rings (SSSR count). The number of piperidine rings is 1. The van der Waals surface area contributed by atoms with Gasteiger partial charge in [0.2, 0.25) is 5.91 Å². The maximum atomic E-state index is 12.8. The molecule has 1 atom stereocenters. The van der Waals surface area contributed by atoms with Crippen LogP contribution in [0.5, 0.6) is 0 Å². The Kier molecular flexibility index (Phi) is 4.06. The molecule has 1 amide bonds. The molecular weight excluding hydrogens is 274 g/mol. The Morgan fingerprint density at radius 3 is 2.32 bits per heavy atom. The van der Waals surface area contributed by atoms with Crippen LogP contribution in [-0.2, 0) is 4.79 Å². The summed E-state index contributed by atoms with van der Waals surface area (Å²) in [6, 6.07) is 8.20. The van der Waals surface area contributed by atoms with E-state index >= 15 is 0 Å². The lowest BCUT2D eigenvalue weighted by atomic mass is 9.79. The Bertz CT molecular complexity index is 726. The van der Waals surface area contributed by atoms with Crippen molar-refractivity contribution >= 4 is 11.6 Å². The van der Waals surface area contributed by atoms with Crippen molar-refractivity contribution in [2.24, 2.45) is 5.41 Å². The number of rotatable bonds is 1. The fourth-order valence-electron chi connectivity index (χ4n) is 3.21. The van der Waals surface area contributed by atoms with Gasteiger partial charge in [-0.2, -0.15) is 10.5 Å². The Hall–Kier alpha value is -2.59. The summed E-state index contributed by atoms with van der Waals surface area (Å²) in [7, 11) is 0. The number of hydrogen-bond donors (Lipinski definition) is 0. The van der Waals surface area contributed by atoms with Gasteiger partial charge in [0, 0.05) is 18.3 Å². The van der Waals surface area contributed by atoms with E-state index in [1.807, 2.05) is 39.0 Å². The van der Waals surface area contributed by atoms with Crippen molar-refractivity contribution in [2.45, 2.75) is 34.1 Å². The van der Waals surface area contributed by atoms with Crippen LogP contribution in [0.3, 0.4) is 0 Å². The minimum absolute atomic E-state index is 0.194. The number of carbonyl (C=O) groups is 1. The lowest BCUT2D eigenvalue weighted by Crippen LogP contribution is -2.48. The highest BCUT2D eigenvalue weighted by Crippen LogP contribution is 2.38. The van der Waals surface area contributed by atoms with Crippen LogP contribution < -0.4 is 4.90 Å². The average molecular weight is 293 g/mol. The Morgan fingerprint density at radius 1 is 1.23 bits per heavy atom. The minimum atomic E-state index is -1.12. The fourth-order valence-corrected chi connectivity index (χ4v) is 3.21. The van der Waals surface area contributed by atoms with E-state index in [1.54, 1.807) is 11.8 Å². The number of carbonyl (C=O) groups excluding carboxylic acids is 1. The number of hydrogen-bond acceptors (Lipinski definition) is 3. The van der Waals surface area contributed by atoms with Gasteiger partial charge in [-0.15, -0.1) is 0 Å². The number of allylic oxidation sites excluding steroid dienone is 1. The van der Waals surface area contributed by atoms with Crippen molar-refractivity contribution in [2.75, 3.05) is 11.4 Å². The van der Waals surface area contributed by atoms with Crippen molar-refractivity contribution in [3.63, 3.8) is 0 Å². The molecule has 1 aromatic carbocycles. The molecule has 0 radical (unpaired) electrons. The van der Waals surface area contributed by atoms with Crippen molar-refractivity contribution < 1.29 is 4.79 Å². The lowest BCUT2D eigenvalue weighted by Gasteiger charge is -2.38. The first-order valence-electron chi connectivity index (χ1n) is 7.21. The van der Waals surface area contributed by atoms with Crippen LogP contribution in [0, 0.1) is 48.8 Å². The first kappa shape index (κ1) is 15.8. The van der Waals surface area contributed by atoms with Gasteiger partial charge in [0.1, 0.15) is 5.41 Å². The molecule has 0 aliphatic carbocycles. The summed E-state index contributed by atoms with van der Waals surface area (Å²) in [4.78, 5) is 14.5. The maximum absolute atomic E-state index is 12.8. The fraction of sp³-hybridized carbons (Fsp3) is 0.389. The van der Waals surface area contributed by atoms with E-state index < -0.39 is 5.41 Å². The molecule has 112 valence electrons. The van der Waals surface area contributed by atoms with E-state index in [2.05, 4.69) is 6.07 Å². The first-order valence-corrected chi connectivity index (χ1v) is 7.21. The molecule has 1 unspecified atom stereocenters. The predicted octanol–water partition coefficient (Wildman–Crippen LogP) is 3.33. The largest absolute Gasteiger partial charge is 0.306 e. The lowest BCUT2D eigenvalue weighted by molar-refractivity contribution is -0.125. The van der Waals surface area contributed by atoms with Gasteiger partial charge in [-0.3, -0.25) is 4.79 Å². The predicted molar refractivity (Wildman–Crippen MR) is 85.0 cm³/mol. The van der Waals surface area contributed by atoms with Gasteiger partial charge in [0.25, 0.3) is 0 Å². The van der Waals surface area contributed by atoms with Gasteiger partial charge in [0.05, 0.1) is 12.1 Å². The van der Waals surface area contributed by atoms with Crippen molar-refractivity contribution in [3.05, 3.63) is 40.5 Å². The highest BCUT2D eigenvalue weighted by molar-refractivity contribution is 6.02. The van der Waals surface area contributed by atoms with Gasteiger partial charge in [-0.25, -0.2) is 0 Å². The van der Waals surface area contributed by atoms with E-state index in [0.29, 0.717) is 13.0 Å². The molecule has 4 heteroatoms. The summed E-state index contributed by atoms with van der Waals surface area (Å²) in [5.74, 6) is -0.194.